The van der Waals surface area contributed by atoms with Crippen molar-refractivity contribution < 1.29 is 9.84 Å². The van der Waals surface area contributed by atoms with E-state index in [0.29, 0.717) is 6.54 Å². The van der Waals surface area contributed by atoms with Crippen LogP contribution >= 0.6 is 0 Å². The van der Waals surface area contributed by atoms with Gasteiger partial charge in [-0.25, -0.2) is 4.98 Å². The monoisotopic (exact) mass is 208 g/mol. The molecule has 0 spiro atoms. The standard InChI is InChI=1S/C11H16N2O2/c1-11(14)5-7-13(8-11)10-9(15-2)4-3-6-12-10/h3-4,6,14H,5,7-8H2,1-2H3. The van der Waals surface area contributed by atoms with Crippen LogP contribution in [0.2, 0.25) is 0 Å². The summed E-state index contributed by atoms with van der Waals surface area (Å²) in [5, 5.41) is 9.88. The number of methoxy groups -OCH3 is 1. The van der Waals surface area contributed by atoms with Gasteiger partial charge in [0.2, 0.25) is 0 Å². The van der Waals surface area contributed by atoms with Gasteiger partial charge in [-0.3, -0.25) is 0 Å². The summed E-state index contributed by atoms with van der Waals surface area (Å²) >= 11 is 0. The summed E-state index contributed by atoms with van der Waals surface area (Å²) in [5.41, 5.74) is -0.609. The van der Waals surface area contributed by atoms with Crippen molar-refractivity contribution in [2.45, 2.75) is 18.9 Å². The fourth-order valence-electron chi connectivity index (χ4n) is 1.90. The zero-order valence-corrected chi connectivity index (χ0v) is 9.10. The van der Waals surface area contributed by atoms with E-state index in [1.807, 2.05) is 19.1 Å². The third kappa shape index (κ3) is 2.04. The molecule has 0 saturated carbocycles. The minimum Gasteiger partial charge on any atom is -0.493 e. The van der Waals surface area contributed by atoms with Crippen molar-refractivity contribution in [3.05, 3.63) is 18.3 Å². The van der Waals surface area contributed by atoms with Gasteiger partial charge in [-0.2, -0.15) is 0 Å². The third-order valence-electron chi connectivity index (χ3n) is 2.72. The Balaban J connectivity index is 2.23. The number of nitrogens with zero attached hydrogens (tertiary/aromatic N) is 2. The van der Waals surface area contributed by atoms with Crippen LogP contribution in [-0.2, 0) is 0 Å². The van der Waals surface area contributed by atoms with E-state index in [0.717, 1.165) is 24.5 Å². The van der Waals surface area contributed by atoms with E-state index in [9.17, 15) is 5.11 Å². The fourth-order valence-corrected chi connectivity index (χ4v) is 1.90. The minimum atomic E-state index is -0.609. The van der Waals surface area contributed by atoms with Gasteiger partial charge in [0.1, 0.15) is 0 Å². The molecule has 1 fully saturated rings. The largest absolute Gasteiger partial charge is 0.493 e. The molecule has 1 aliphatic heterocycles. The molecule has 1 N–H and O–H groups in total. The normalized spacial score (nSPS) is 25.7. The number of ether oxygens (including phenoxy) is 1. The number of β-amino-alcohol motifs (C(OH)–C–C–N with tert-alkyl or cyclic N) is 1. The van der Waals surface area contributed by atoms with Crippen LogP contribution in [0.1, 0.15) is 13.3 Å². The summed E-state index contributed by atoms with van der Waals surface area (Å²) in [4.78, 5) is 6.34. The predicted octanol–water partition coefficient (Wildman–Crippen LogP) is 1.05. The maximum atomic E-state index is 9.88. The highest BCUT2D eigenvalue weighted by Gasteiger charge is 2.33. The molecule has 1 aliphatic rings. The molecule has 82 valence electrons. The van der Waals surface area contributed by atoms with Gasteiger partial charge in [-0.05, 0) is 25.5 Å². The van der Waals surface area contributed by atoms with Crippen LogP contribution in [0.15, 0.2) is 18.3 Å². The van der Waals surface area contributed by atoms with Crippen molar-refractivity contribution in [1.82, 2.24) is 4.98 Å². The molecule has 15 heavy (non-hydrogen) atoms. The Kier molecular flexibility index (Phi) is 2.52. The smallest absolute Gasteiger partial charge is 0.171 e. The minimum absolute atomic E-state index is 0.609. The Morgan fingerprint density at radius 2 is 2.40 bits per heavy atom. The third-order valence-corrected chi connectivity index (χ3v) is 2.72. The van der Waals surface area contributed by atoms with E-state index >= 15 is 0 Å². The first-order chi connectivity index (χ1) is 7.12. The van der Waals surface area contributed by atoms with Gasteiger partial charge in [0, 0.05) is 19.3 Å². The highest BCUT2D eigenvalue weighted by Crippen LogP contribution is 2.30. The molecule has 0 aromatic carbocycles. The van der Waals surface area contributed by atoms with Gasteiger partial charge < -0.3 is 14.7 Å². The molecule has 2 rings (SSSR count). The zero-order chi connectivity index (χ0) is 10.9. The lowest BCUT2D eigenvalue weighted by molar-refractivity contribution is 0.0839. The maximum Gasteiger partial charge on any atom is 0.171 e. The lowest BCUT2D eigenvalue weighted by atomic mass is 10.1. The van der Waals surface area contributed by atoms with Gasteiger partial charge in [-0.1, -0.05) is 0 Å². The summed E-state index contributed by atoms with van der Waals surface area (Å²) in [5.74, 6) is 1.58. The summed E-state index contributed by atoms with van der Waals surface area (Å²) in [6.45, 7) is 3.28. The molecule has 1 aromatic heterocycles. The Hall–Kier alpha value is -1.29. The first-order valence-electron chi connectivity index (χ1n) is 5.09. The van der Waals surface area contributed by atoms with E-state index < -0.39 is 5.60 Å². The average molecular weight is 208 g/mol. The number of anilines is 1. The zero-order valence-electron chi connectivity index (χ0n) is 9.10. The molecule has 1 aromatic rings. The molecule has 0 bridgehead atoms. The van der Waals surface area contributed by atoms with Crippen molar-refractivity contribution in [2.75, 3.05) is 25.1 Å². The Morgan fingerprint density at radius 3 is 3.00 bits per heavy atom. The number of aliphatic hydroxyl groups is 1. The van der Waals surface area contributed by atoms with Crippen LogP contribution in [0.25, 0.3) is 0 Å². The van der Waals surface area contributed by atoms with Crippen molar-refractivity contribution in [3.8, 4) is 5.75 Å². The van der Waals surface area contributed by atoms with Gasteiger partial charge in [0.25, 0.3) is 0 Å². The second kappa shape index (κ2) is 3.70. The summed E-state index contributed by atoms with van der Waals surface area (Å²) in [6, 6.07) is 3.73. The lowest BCUT2D eigenvalue weighted by Gasteiger charge is -2.21. The number of aromatic nitrogens is 1. The number of hydrogen-bond acceptors (Lipinski definition) is 4. The molecule has 4 heteroatoms. The van der Waals surface area contributed by atoms with E-state index in [1.165, 1.54) is 0 Å². The summed E-state index contributed by atoms with van der Waals surface area (Å²) in [7, 11) is 1.63. The quantitative estimate of drug-likeness (QED) is 0.789. The summed E-state index contributed by atoms with van der Waals surface area (Å²) < 4.78 is 5.24. The van der Waals surface area contributed by atoms with Crippen molar-refractivity contribution in [1.29, 1.82) is 0 Å². The van der Waals surface area contributed by atoms with Crippen LogP contribution in [-0.4, -0.2) is 35.9 Å². The van der Waals surface area contributed by atoms with Crippen molar-refractivity contribution >= 4 is 5.82 Å². The van der Waals surface area contributed by atoms with Gasteiger partial charge in [-0.15, -0.1) is 0 Å². The first-order valence-corrected chi connectivity index (χ1v) is 5.09. The highest BCUT2D eigenvalue weighted by atomic mass is 16.5. The maximum absolute atomic E-state index is 9.88. The van der Waals surface area contributed by atoms with E-state index in [4.69, 9.17) is 4.74 Å². The molecular formula is C11H16N2O2. The van der Waals surface area contributed by atoms with Gasteiger partial charge in [0.05, 0.1) is 12.7 Å². The van der Waals surface area contributed by atoms with Crippen molar-refractivity contribution in [3.63, 3.8) is 0 Å². The molecule has 2 heterocycles. The second-order valence-corrected chi connectivity index (χ2v) is 4.20. The molecule has 1 atom stereocenters. The molecule has 0 radical (unpaired) electrons. The molecule has 0 aliphatic carbocycles. The van der Waals surface area contributed by atoms with Crippen LogP contribution in [0.4, 0.5) is 5.82 Å². The average Bonchev–Trinajstić information content (AvgIpc) is 2.59. The highest BCUT2D eigenvalue weighted by molar-refractivity contribution is 5.53. The predicted molar refractivity (Wildman–Crippen MR) is 58.2 cm³/mol. The molecule has 1 unspecified atom stereocenters. The Bertz CT molecular complexity index is 352. The summed E-state index contributed by atoms with van der Waals surface area (Å²) in [6.07, 6.45) is 2.51. The topological polar surface area (TPSA) is 45.6 Å². The van der Waals surface area contributed by atoms with Crippen molar-refractivity contribution in [2.24, 2.45) is 0 Å². The fraction of sp³-hybridized carbons (Fsp3) is 0.545. The molecular weight excluding hydrogens is 192 g/mol. The number of hydrogen-bond donors (Lipinski definition) is 1. The SMILES string of the molecule is COc1cccnc1N1CCC(C)(O)C1. The second-order valence-electron chi connectivity index (χ2n) is 4.20. The Morgan fingerprint density at radius 1 is 1.60 bits per heavy atom. The first kappa shape index (κ1) is 10.2. The van der Waals surface area contributed by atoms with Crippen LogP contribution in [0.3, 0.4) is 0 Å². The van der Waals surface area contributed by atoms with Gasteiger partial charge in [0.15, 0.2) is 11.6 Å². The number of rotatable bonds is 2. The van der Waals surface area contributed by atoms with Crippen LogP contribution < -0.4 is 9.64 Å². The van der Waals surface area contributed by atoms with Crippen LogP contribution in [0.5, 0.6) is 5.75 Å². The number of pyridine rings is 1. The Labute approximate surface area is 89.5 Å². The molecule has 1 saturated heterocycles. The van der Waals surface area contributed by atoms with E-state index in [-0.39, 0.29) is 0 Å². The van der Waals surface area contributed by atoms with E-state index in [1.54, 1.807) is 13.3 Å². The van der Waals surface area contributed by atoms with E-state index in [2.05, 4.69) is 9.88 Å². The molecule has 0 amide bonds. The molecule has 4 nitrogen and oxygen atoms in total. The lowest BCUT2D eigenvalue weighted by Crippen LogP contribution is -2.30. The van der Waals surface area contributed by atoms with Crippen LogP contribution in [0, 0.1) is 0 Å². The van der Waals surface area contributed by atoms with Gasteiger partial charge >= 0.3 is 0 Å².